The second kappa shape index (κ2) is 15.9. The molecule has 0 aliphatic heterocycles. The molecule has 7 nitrogen and oxygen atoms in total. The van der Waals surface area contributed by atoms with E-state index < -0.39 is 28.5 Å². The van der Waals surface area contributed by atoms with Gasteiger partial charge in [-0.25, -0.2) is 8.42 Å². The molecular formula is C36H41N3O4S. The third kappa shape index (κ3) is 8.35. The predicted octanol–water partition coefficient (Wildman–Crippen LogP) is 6.00. The third-order valence-electron chi connectivity index (χ3n) is 7.55. The first-order valence-electron chi connectivity index (χ1n) is 15.2. The number of rotatable bonds is 15. The molecule has 0 aliphatic rings. The number of amides is 2. The second-order valence-corrected chi connectivity index (χ2v) is 12.5. The summed E-state index contributed by atoms with van der Waals surface area (Å²) in [5, 5.41) is 3.02. The number of aryl methyl sites for hydroxylation is 1. The quantitative estimate of drug-likeness (QED) is 0.167. The van der Waals surface area contributed by atoms with E-state index in [0.717, 1.165) is 29.5 Å². The van der Waals surface area contributed by atoms with E-state index >= 15 is 0 Å². The van der Waals surface area contributed by atoms with Crippen LogP contribution >= 0.6 is 0 Å². The number of nitrogens with one attached hydrogen (secondary N) is 1. The standard InChI is InChI=1S/C36H41N3O4S/c1-3-5-25-37-36(41)34(26-29-17-9-6-10-18-29)38(27-30-19-11-7-12-20-30)35(40)28-39(33-24-16-15-21-31(33)4-2)44(42,43)32-22-13-8-14-23-32/h6-24,34H,3-5,25-28H2,1-2H3,(H,37,41)/t34-/m1/s1. The molecule has 2 amide bonds. The molecule has 0 aliphatic carbocycles. The fourth-order valence-corrected chi connectivity index (χ4v) is 6.60. The topological polar surface area (TPSA) is 86.8 Å². The van der Waals surface area contributed by atoms with Crippen molar-refractivity contribution in [2.24, 2.45) is 0 Å². The average Bonchev–Trinajstić information content (AvgIpc) is 3.06. The number of benzene rings is 4. The molecule has 0 unspecified atom stereocenters. The minimum absolute atomic E-state index is 0.0893. The fourth-order valence-electron chi connectivity index (χ4n) is 5.13. The summed E-state index contributed by atoms with van der Waals surface area (Å²) >= 11 is 0. The lowest BCUT2D eigenvalue weighted by Gasteiger charge is -2.34. The highest BCUT2D eigenvalue weighted by atomic mass is 32.2. The highest BCUT2D eigenvalue weighted by Crippen LogP contribution is 2.28. The Morgan fingerprint density at radius 3 is 1.93 bits per heavy atom. The summed E-state index contributed by atoms with van der Waals surface area (Å²) in [5.41, 5.74) is 2.98. The van der Waals surface area contributed by atoms with E-state index in [1.54, 1.807) is 30.3 Å². The van der Waals surface area contributed by atoms with E-state index in [-0.39, 0.29) is 23.8 Å². The molecule has 8 heteroatoms. The molecule has 0 aromatic heterocycles. The first-order chi connectivity index (χ1) is 21.3. The first kappa shape index (κ1) is 32.5. The van der Waals surface area contributed by atoms with Gasteiger partial charge in [0.25, 0.3) is 10.0 Å². The number of carbonyl (C=O) groups is 2. The van der Waals surface area contributed by atoms with Gasteiger partial charge in [0.15, 0.2) is 0 Å². The summed E-state index contributed by atoms with van der Waals surface area (Å²) < 4.78 is 29.5. The molecule has 44 heavy (non-hydrogen) atoms. The van der Waals surface area contributed by atoms with Crippen molar-refractivity contribution >= 4 is 27.5 Å². The molecule has 4 rings (SSSR count). The number of hydrogen-bond donors (Lipinski definition) is 1. The van der Waals surface area contributed by atoms with Crippen molar-refractivity contribution in [2.75, 3.05) is 17.4 Å². The van der Waals surface area contributed by atoms with Gasteiger partial charge in [-0.05, 0) is 47.7 Å². The van der Waals surface area contributed by atoms with Crippen LogP contribution in [0, 0.1) is 0 Å². The summed E-state index contributed by atoms with van der Waals surface area (Å²) in [4.78, 5) is 29.9. The van der Waals surface area contributed by atoms with Crippen molar-refractivity contribution in [3.63, 3.8) is 0 Å². The predicted molar refractivity (Wildman–Crippen MR) is 176 cm³/mol. The van der Waals surface area contributed by atoms with Crippen LogP contribution in [0.4, 0.5) is 5.69 Å². The van der Waals surface area contributed by atoms with E-state index in [1.165, 1.54) is 21.3 Å². The lowest BCUT2D eigenvalue weighted by molar-refractivity contribution is -0.140. The molecule has 1 N–H and O–H groups in total. The maximum absolute atomic E-state index is 14.5. The second-order valence-electron chi connectivity index (χ2n) is 10.7. The molecule has 0 saturated carbocycles. The van der Waals surface area contributed by atoms with Gasteiger partial charge in [0.1, 0.15) is 12.6 Å². The fraction of sp³-hybridized carbons (Fsp3) is 0.278. The maximum atomic E-state index is 14.5. The van der Waals surface area contributed by atoms with E-state index in [1.807, 2.05) is 79.7 Å². The van der Waals surface area contributed by atoms with E-state index in [9.17, 15) is 18.0 Å². The van der Waals surface area contributed by atoms with Crippen LogP contribution in [-0.2, 0) is 39.0 Å². The Balaban J connectivity index is 1.79. The minimum atomic E-state index is -4.13. The molecule has 0 spiro atoms. The van der Waals surface area contributed by atoms with Crippen LogP contribution in [0.25, 0.3) is 0 Å². The number of sulfonamides is 1. The van der Waals surface area contributed by atoms with Crippen LogP contribution in [0.5, 0.6) is 0 Å². The number of nitrogens with zero attached hydrogens (tertiary/aromatic N) is 2. The van der Waals surface area contributed by atoms with Crippen LogP contribution < -0.4 is 9.62 Å². The van der Waals surface area contributed by atoms with E-state index in [2.05, 4.69) is 12.2 Å². The Morgan fingerprint density at radius 2 is 1.32 bits per heavy atom. The van der Waals surface area contributed by atoms with Gasteiger partial charge in [-0.2, -0.15) is 0 Å². The molecule has 0 radical (unpaired) electrons. The van der Waals surface area contributed by atoms with Crippen molar-refractivity contribution in [2.45, 2.75) is 57.0 Å². The van der Waals surface area contributed by atoms with Gasteiger partial charge in [0.05, 0.1) is 10.6 Å². The van der Waals surface area contributed by atoms with Crippen LogP contribution in [0.15, 0.2) is 120 Å². The zero-order valence-corrected chi connectivity index (χ0v) is 26.2. The van der Waals surface area contributed by atoms with Crippen LogP contribution in [0.1, 0.15) is 43.4 Å². The number of hydrogen-bond acceptors (Lipinski definition) is 4. The molecule has 230 valence electrons. The molecule has 4 aromatic carbocycles. The Labute approximate surface area is 261 Å². The first-order valence-corrected chi connectivity index (χ1v) is 16.6. The number of para-hydroxylation sites is 1. The average molecular weight is 612 g/mol. The largest absolute Gasteiger partial charge is 0.354 e. The van der Waals surface area contributed by atoms with Gasteiger partial charge < -0.3 is 10.2 Å². The third-order valence-corrected chi connectivity index (χ3v) is 9.32. The van der Waals surface area contributed by atoms with Gasteiger partial charge in [0, 0.05) is 19.5 Å². The summed E-state index contributed by atoms with van der Waals surface area (Å²) in [7, 11) is -4.13. The summed E-state index contributed by atoms with van der Waals surface area (Å²) in [5.74, 6) is -0.733. The minimum Gasteiger partial charge on any atom is -0.354 e. The van der Waals surface area contributed by atoms with Crippen molar-refractivity contribution < 1.29 is 18.0 Å². The van der Waals surface area contributed by atoms with E-state index in [4.69, 9.17) is 0 Å². The van der Waals surface area contributed by atoms with Gasteiger partial charge in [0.2, 0.25) is 11.8 Å². The highest BCUT2D eigenvalue weighted by Gasteiger charge is 2.35. The molecule has 0 fully saturated rings. The van der Waals surface area contributed by atoms with Gasteiger partial charge in [-0.3, -0.25) is 13.9 Å². The Morgan fingerprint density at radius 1 is 0.750 bits per heavy atom. The molecule has 0 heterocycles. The van der Waals surface area contributed by atoms with Crippen LogP contribution in [0.2, 0.25) is 0 Å². The summed E-state index contributed by atoms with van der Waals surface area (Å²) in [6, 6.07) is 33.6. The Bertz CT molecular complexity index is 1600. The highest BCUT2D eigenvalue weighted by molar-refractivity contribution is 7.92. The van der Waals surface area contributed by atoms with Crippen molar-refractivity contribution in [3.05, 3.63) is 132 Å². The SMILES string of the molecule is CCCCNC(=O)[C@@H](Cc1ccccc1)N(Cc1ccccc1)C(=O)CN(c1ccccc1CC)S(=O)(=O)c1ccccc1. The maximum Gasteiger partial charge on any atom is 0.264 e. The van der Waals surface area contributed by atoms with Gasteiger partial charge >= 0.3 is 0 Å². The number of unbranched alkanes of at least 4 members (excludes halogenated alkanes) is 1. The van der Waals surface area contributed by atoms with Crippen LogP contribution in [0.3, 0.4) is 0 Å². The van der Waals surface area contributed by atoms with Crippen LogP contribution in [-0.4, -0.2) is 44.3 Å². The molecule has 0 bridgehead atoms. The van der Waals surface area contributed by atoms with Gasteiger partial charge in [-0.15, -0.1) is 0 Å². The van der Waals surface area contributed by atoms with Gasteiger partial charge in [-0.1, -0.05) is 117 Å². The normalized spacial score (nSPS) is 11.9. The zero-order chi connectivity index (χ0) is 31.4. The molecule has 0 saturated heterocycles. The number of carbonyl (C=O) groups excluding carboxylic acids is 2. The lowest BCUT2D eigenvalue weighted by Crippen LogP contribution is -2.53. The molecule has 1 atom stereocenters. The van der Waals surface area contributed by atoms with Crippen molar-refractivity contribution in [1.82, 2.24) is 10.2 Å². The summed E-state index contributed by atoms with van der Waals surface area (Å²) in [6.45, 7) is 4.18. The van der Waals surface area contributed by atoms with E-state index in [0.29, 0.717) is 18.7 Å². The number of anilines is 1. The van der Waals surface area contributed by atoms with Crippen molar-refractivity contribution in [1.29, 1.82) is 0 Å². The summed E-state index contributed by atoms with van der Waals surface area (Å²) in [6.07, 6.45) is 2.59. The lowest BCUT2D eigenvalue weighted by atomic mass is 10.0. The smallest absolute Gasteiger partial charge is 0.264 e. The molecular weight excluding hydrogens is 570 g/mol. The monoisotopic (exact) mass is 611 g/mol. The Hall–Kier alpha value is -4.43. The van der Waals surface area contributed by atoms with Crippen molar-refractivity contribution in [3.8, 4) is 0 Å². The Kier molecular flexibility index (Phi) is 11.7. The molecule has 4 aromatic rings. The zero-order valence-electron chi connectivity index (χ0n) is 25.4.